The van der Waals surface area contributed by atoms with Crippen molar-refractivity contribution in [2.75, 3.05) is 0 Å². The van der Waals surface area contributed by atoms with Gasteiger partial charge >= 0.3 is 0 Å². The number of aromatic amines is 1. The van der Waals surface area contributed by atoms with Crippen LogP contribution in [-0.4, -0.2) is 15.0 Å². The van der Waals surface area contributed by atoms with Gasteiger partial charge in [0.25, 0.3) is 0 Å². The van der Waals surface area contributed by atoms with Gasteiger partial charge in [-0.2, -0.15) is 0 Å². The molecular formula is C16H11N3O. The van der Waals surface area contributed by atoms with Crippen molar-refractivity contribution < 1.29 is 4.42 Å². The second kappa shape index (κ2) is 4.35. The Morgan fingerprint density at radius 3 is 2.60 bits per heavy atom. The first kappa shape index (κ1) is 11.0. The van der Waals surface area contributed by atoms with Crippen LogP contribution in [0, 0.1) is 0 Å². The third kappa shape index (κ3) is 1.70. The smallest absolute Gasteiger partial charge is 0.181 e. The second-order valence-corrected chi connectivity index (χ2v) is 4.54. The second-order valence-electron chi connectivity index (χ2n) is 4.54. The molecule has 4 rings (SSSR count). The molecule has 0 amide bonds. The lowest BCUT2D eigenvalue weighted by molar-refractivity contribution is 0.572. The van der Waals surface area contributed by atoms with Gasteiger partial charge in [-0.05, 0) is 23.3 Å². The number of benzene rings is 1. The molecule has 0 saturated heterocycles. The van der Waals surface area contributed by atoms with Gasteiger partial charge < -0.3 is 9.40 Å². The molecule has 4 aromatic rings. The molecule has 0 bridgehead atoms. The van der Waals surface area contributed by atoms with E-state index >= 15 is 0 Å². The maximum Gasteiger partial charge on any atom is 0.181 e. The topological polar surface area (TPSA) is 54.7 Å². The molecule has 0 aliphatic heterocycles. The average Bonchev–Trinajstić information content (AvgIpc) is 3.18. The fraction of sp³-hybridized carbons (Fsp3) is 0. The van der Waals surface area contributed by atoms with Crippen LogP contribution in [0.2, 0.25) is 0 Å². The molecule has 0 aliphatic carbocycles. The maximum atomic E-state index is 5.30. The lowest BCUT2D eigenvalue weighted by Gasteiger charge is -2.04. The number of oxazole rings is 1. The first-order valence-electron chi connectivity index (χ1n) is 6.33. The highest BCUT2D eigenvalue weighted by Crippen LogP contribution is 2.29. The van der Waals surface area contributed by atoms with Crippen LogP contribution >= 0.6 is 0 Å². The minimum Gasteiger partial charge on any atom is -0.444 e. The van der Waals surface area contributed by atoms with Crippen LogP contribution in [0.15, 0.2) is 65.8 Å². The van der Waals surface area contributed by atoms with Crippen molar-refractivity contribution in [3.05, 3.63) is 61.4 Å². The zero-order valence-corrected chi connectivity index (χ0v) is 10.6. The molecule has 0 saturated carbocycles. The summed E-state index contributed by atoms with van der Waals surface area (Å²) in [6.45, 7) is 0. The Hall–Kier alpha value is -2.88. The highest BCUT2D eigenvalue weighted by atomic mass is 16.3. The quantitative estimate of drug-likeness (QED) is 0.595. The first-order valence-corrected chi connectivity index (χ1v) is 6.33. The maximum absolute atomic E-state index is 5.30. The van der Waals surface area contributed by atoms with E-state index in [1.807, 2.05) is 36.7 Å². The van der Waals surface area contributed by atoms with Crippen LogP contribution in [0.5, 0.6) is 0 Å². The summed E-state index contributed by atoms with van der Waals surface area (Å²) >= 11 is 0. The normalized spacial score (nSPS) is 11.0. The molecule has 0 spiro atoms. The predicted octanol–water partition coefficient (Wildman–Crippen LogP) is 3.88. The van der Waals surface area contributed by atoms with Crippen LogP contribution in [0.4, 0.5) is 0 Å². The fourth-order valence-electron chi connectivity index (χ4n) is 2.39. The van der Waals surface area contributed by atoms with Crippen molar-refractivity contribution in [3.63, 3.8) is 0 Å². The van der Waals surface area contributed by atoms with E-state index in [-0.39, 0.29) is 0 Å². The number of nitrogens with zero attached hydrogens (tertiary/aromatic N) is 2. The molecule has 3 aromatic heterocycles. The van der Waals surface area contributed by atoms with Gasteiger partial charge in [-0.1, -0.05) is 24.3 Å². The molecule has 20 heavy (non-hydrogen) atoms. The van der Waals surface area contributed by atoms with Crippen LogP contribution in [-0.2, 0) is 0 Å². The van der Waals surface area contributed by atoms with Crippen molar-refractivity contribution in [2.24, 2.45) is 0 Å². The molecule has 1 N–H and O–H groups in total. The van der Waals surface area contributed by atoms with Crippen molar-refractivity contribution in [1.82, 2.24) is 15.0 Å². The fourth-order valence-corrected chi connectivity index (χ4v) is 2.39. The number of nitrogens with one attached hydrogen (secondary N) is 1. The standard InChI is InChI=1S/C16H11N3O/c1-3-12(15-9-17-10-20-15)4-2-11(1)13-5-7-18-16-14(13)6-8-19-16/h1-10H,(H,18,19). The van der Waals surface area contributed by atoms with Crippen LogP contribution in [0.1, 0.15) is 0 Å². The van der Waals surface area contributed by atoms with Crippen molar-refractivity contribution in [1.29, 1.82) is 0 Å². The Labute approximate surface area is 115 Å². The third-order valence-electron chi connectivity index (χ3n) is 3.37. The average molecular weight is 261 g/mol. The SMILES string of the molecule is c1cc(-c2ccc(-c3cnco3)cc2)c2cc[nH]c2n1. The Kier molecular flexibility index (Phi) is 2.39. The molecule has 1 aromatic carbocycles. The molecule has 0 radical (unpaired) electrons. The molecule has 4 heteroatoms. The van der Waals surface area contributed by atoms with Crippen LogP contribution in [0.3, 0.4) is 0 Å². The molecule has 4 nitrogen and oxygen atoms in total. The van der Waals surface area contributed by atoms with Gasteiger partial charge in [-0.15, -0.1) is 0 Å². The van der Waals surface area contributed by atoms with E-state index in [2.05, 4.69) is 27.1 Å². The largest absolute Gasteiger partial charge is 0.444 e. The van der Waals surface area contributed by atoms with Crippen LogP contribution < -0.4 is 0 Å². The summed E-state index contributed by atoms with van der Waals surface area (Å²) in [6.07, 6.45) is 6.88. The van der Waals surface area contributed by atoms with Gasteiger partial charge in [0.05, 0.1) is 6.20 Å². The van der Waals surface area contributed by atoms with E-state index in [0.29, 0.717) is 0 Å². The number of hydrogen-bond donors (Lipinski definition) is 1. The monoisotopic (exact) mass is 261 g/mol. The Morgan fingerprint density at radius 2 is 1.80 bits per heavy atom. The summed E-state index contributed by atoms with van der Waals surface area (Å²) in [4.78, 5) is 11.4. The highest BCUT2D eigenvalue weighted by Gasteiger charge is 2.06. The Balaban J connectivity index is 1.81. The molecule has 0 atom stereocenters. The first-order chi connectivity index (χ1) is 9.92. The molecule has 0 unspecified atom stereocenters. The number of hydrogen-bond acceptors (Lipinski definition) is 3. The molecule has 3 heterocycles. The lowest BCUT2D eigenvalue weighted by Crippen LogP contribution is -1.82. The Bertz CT molecular complexity index is 845. The van der Waals surface area contributed by atoms with E-state index in [1.54, 1.807) is 6.20 Å². The van der Waals surface area contributed by atoms with Crippen molar-refractivity contribution in [3.8, 4) is 22.5 Å². The summed E-state index contributed by atoms with van der Waals surface area (Å²) in [5, 5.41) is 1.12. The zero-order valence-electron chi connectivity index (χ0n) is 10.6. The van der Waals surface area contributed by atoms with E-state index in [9.17, 15) is 0 Å². The summed E-state index contributed by atoms with van der Waals surface area (Å²) in [7, 11) is 0. The highest BCUT2D eigenvalue weighted by molar-refractivity contribution is 5.93. The van der Waals surface area contributed by atoms with Gasteiger partial charge in [0, 0.05) is 23.3 Å². The van der Waals surface area contributed by atoms with E-state index < -0.39 is 0 Å². The molecule has 96 valence electrons. The Morgan fingerprint density at radius 1 is 0.950 bits per heavy atom. The molecule has 0 aliphatic rings. The minimum atomic E-state index is 0.776. The third-order valence-corrected chi connectivity index (χ3v) is 3.37. The van der Waals surface area contributed by atoms with Gasteiger partial charge in [0.1, 0.15) is 5.65 Å². The number of rotatable bonds is 2. The number of aromatic nitrogens is 3. The molecule has 0 fully saturated rings. The van der Waals surface area contributed by atoms with Gasteiger partial charge in [-0.3, -0.25) is 0 Å². The minimum absolute atomic E-state index is 0.776. The zero-order chi connectivity index (χ0) is 13.4. The van der Waals surface area contributed by atoms with E-state index in [1.165, 1.54) is 12.0 Å². The van der Waals surface area contributed by atoms with Gasteiger partial charge in [0.2, 0.25) is 0 Å². The summed E-state index contributed by atoms with van der Waals surface area (Å²) in [5.74, 6) is 0.776. The van der Waals surface area contributed by atoms with Crippen molar-refractivity contribution in [2.45, 2.75) is 0 Å². The van der Waals surface area contributed by atoms with E-state index in [4.69, 9.17) is 4.42 Å². The predicted molar refractivity (Wildman–Crippen MR) is 77.0 cm³/mol. The summed E-state index contributed by atoms with van der Waals surface area (Å²) < 4.78 is 5.30. The van der Waals surface area contributed by atoms with E-state index in [0.717, 1.165) is 27.9 Å². The van der Waals surface area contributed by atoms with Crippen molar-refractivity contribution >= 4 is 11.0 Å². The number of pyridine rings is 1. The lowest BCUT2D eigenvalue weighted by atomic mass is 10.0. The van der Waals surface area contributed by atoms with Crippen LogP contribution in [0.25, 0.3) is 33.5 Å². The summed E-state index contributed by atoms with van der Waals surface area (Å²) in [5.41, 5.74) is 4.24. The molecular weight excluding hydrogens is 250 g/mol. The summed E-state index contributed by atoms with van der Waals surface area (Å²) in [6, 6.07) is 12.3. The van der Waals surface area contributed by atoms with Gasteiger partial charge in [-0.25, -0.2) is 9.97 Å². The number of fused-ring (bicyclic) bond motifs is 1. The number of H-pyrrole nitrogens is 1. The van der Waals surface area contributed by atoms with Gasteiger partial charge in [0.15, 0.2) is 12.2 Å².